The van der Waals surface area contributed by atoms with Crippen molar-refractivity contribution in [2.24, 2.45) is 0 Å². The molecule has 4 heterocycles. The number of nitrogens with zero attached hydrogens (tertiary/aromatic N) is 4. The lowest BCUT2D eigenvalue weighted by Gasteiger charge is -2.24. The SMILES string of the molecule is Nc1nccn2c1c(-c1ccc(C(=O)Nc3nc4c(s3)CNCC4)cc1)nc2[C@H]1CC[C@H](O)CC1. The number of thiazole rings is 1. The minimum absolute atomic E-state index is 0.187. The minimum atomic E-state index is -0.228. The highest BCUT2D eigenvalue weighted by molar-refractivity contribution is 7.15. The van der Waals surface area contributed by atoms with E-state index < -0.39 is 0 Å². The van der Waals surface area contributed by atoms with Gasteiger partial charge in [0, 0.05) is 53.8 Å². The van der Waals surface area contributed by atoms with E-state index in [1.165, 1.54) is 16.2 Å². The van der Waals surface area contributed by atoms with Crippen LogP contribution in [0.4, 0.5) is 10.9 Å². The fourth-order valence-electron chi connectivity index (χ4n) is 5.04. The van der Waals surface area contributed by atoms with Crippen LogP contribution >= 0.6 is 11.3 Å². The second-order valence-electron chi connectivity index (χ2n) is 9.20. The third-order valence-corrected chi connectivity index (χ3v) is 7.93. The number of imidazole rings is 1. The predicted octanol–water partition coefficient (Wildman–Crippen LogP) is 3.35. The van der Waals surface area contributed by atoms with Crippen molar-refractivity contribution in [3.8, 4) is 11.3 Å². The van der Waals surface area contributed by atoms with Crippen LogP contribution in [0, 0.1) is 0 Å². The van der Waals surface area contributed by atoms with Crippen LogP contribution in [0.3, 0.4) is 0 Å². The van der Waals surface area contributed by atoms with Gasteiger partial charge in [-0.25, -0.2) is 15.0 Å². The van der Waals surface area contributed by atoms with Crippen LogP contribution in [0.1, 0.15) is 58.4 Å². The van der Waals surface area contributed by atoms with Crippen LogP contribution in [0.25, 0.3) is 16.8 Å². The molecule has 5 N–H and O–H groups in total. The Balaban J connectivity index is 1.28. The van der Waals surface area contributed by atoms with E-state index in [4.69, 9.17) is 10.7 Å². The maximum absolute atomic E-state index is 12.8. The Morgan fingerprint density at radius 3 is 2.74 bits per heavy atom. The molecular formula is C25H27N7O2S. The standard InChI is InChI=1S/C25H27N7O2S/c26-22-21-20(30-23(32(21)12-11-28-22)15-5-7-17(33)8-6-15)14-1-3-16(4-2-14)24(34)31-25-29-18-9-10-27-13-19(18)35-25/h1-4,11-12,15,17,27,33H,5-10,13H2,(H2,26,28)(H,29,31,34)/t15-,17-. The van der Waals surface area contributed by atoms with Crippen molar-refractivity contribution in [2.45, 2.75) is 50.7 Å². The Bertz CT molecular complexity index is 1360. The number of carbonyl (C=O) groups excluding carboxylic acids is 1. The van der Waals surface area contributed by atoms with Gasteiger partial charge in [-0.05, 0) is 37.8 Å². The number of anilines is 2. The summed E-state index contributed by atoms with van der Waals surface area (Å²) in [6, 6.07) is 7.39. The molecule has 3 aromatic heterocycles. The van der Waals surface area contributed by atoms with Crippen LogP contribution in [-0.2, 0) is 13.0 Å². The quantitative estimate of drug-likeness (QED) is 0.346. The molecule has 0 radical (unpaired) electrons. The van der Waals surface area contributed by atoms with E-state index in [1.54, 1.807) is 18.3 Å². The number of hydrogen-bond acceptors (Lipinski definition) is 8. The smallest absolute Gasteiger partial charge is 0.257 e. The van der Waals surface area contributed by atoms with Gasteiger partial charge in [-0.15, -0.1) is 11.3 Å². The third-order valence-electron chi connectivity index (χ3n) is 6.92. The number of aliphatic hydroxyl groups is 1. The van der Waals surface area contributed by atoms with Gasteiger partial charge in [-0.1, -0.05) is 12.1 Å². The molecule has 1 saturated carbocycles. The van der Waals surface area contributed by atoms with Crippen LogP contribution in [-0.4, -0.2) is 43.0 Å². The van der Waals surface area contributed by atoms with Gasteiger partial charge in [0.1, 0.15) is 22.9 Å². The van der Waals surface area contributed by atoms with Crippen molar-refractivity contribution in [3.63, 3.8) is 0 Å². The number of nitrogens with one attached hydrogen (secondary N) is 2. The summed E-state index contributed by atoms with van der Waals surface area (Å²) in [7, 11) is 0. The molecule has 1 aromatic carbocycles. The first-order valence-electron chi connectivity index (χ1n) is 12.0. The summed E-state index contributed by atoms with van der Waals surface area (Å²) in [5.74, 6) is 1.43. The number of aliphatic hydroxyl groups excluding tert-OH is 1. The molecular weight excluding hydrogens is 462 g/mol. The van der Waals surface area contributed by atoms with Crippen molar-refractivity contribution < 1.29 is 9.90 Å². The van der Waals surface area contributed by atoms with Crippen LogP contribution in [0.2, 0.25) is 0 Å². The maximum atomic E-state index is 12.8. The van der Waals surface area contributed by atoms with Crippen LogP contribution < -0.4 is 16.4 Å². The number of fused-ring (bicyclic) bond motifs is 2. The van der Waals surface area contributed by atoms with E-state index in [9.17, 15) is 9.90 Å². The summed E-state index contributed by atoms with van der Waals surface area (Å²) in [5.41, 5.74) is 10.3. The zero-order chi connectivity index (χ0) is 23.9. The molecule has 1 aliphatic heterocycles. The predicted molar refractivity (Wildman–Crippen MR) is 136 cm³/mol. The van der Waals surface area contributed by atoms with E-state index in [1.807, 2.05) is 22.7 Å². The molecule has 10 heteroatoms. The van der Waals surface area contributed by atoms with Gasteiger partial charge in [0.05, 0.1) is 11.8 Å². The fraction of sp³-hybridized carbons (Fsp3) is 0.360. The molecule has 0 bridgehead atoms. The monoisotopic (exact) mass is 489 g/mol. The zero-order valence-corrected chi connectivity index (χ0v) is 20.0. The first-order chi connectivity index (χ1) is 17.1. The van der Waals surface area contributed by atoms with E-state index in [0.717, 1.165) is 73.5 Å². The van der Waals surface area contributed by atoms with Crippen molar-refractivity contribution in [2.75, 3.05) is 17.6 Å². The van der Waals surface area contributed by atoms with Crippen molar-refractivity contribution in [1.82, 2.24) is 24.7 Å². The second-order valence-corrected chi connectivity index (χ2v) is 10.3. The molecule has 1 fully saturated rings. The van der Waals surface area contributed by atoms with Gasteiger partial charge in [0.25, 0.3) is 5.91 Å². The average molecular weight is 490 g/mol. The summed E-state index contributed by atoms with van der Waals surface area (Å²) < 4.78 is 2.03. The minimum Gasteiger partial charge on any atom is -0.393 e. The lowest BCUT2D eigenvalue weighted by atomic mass is 9.87. The van der Waals surface area contributed by atoms with Crippen LogP contribution in [0.15, 0.2) is 36.7 Å². The molecule has 2 aliphatic rings. The highest BCUT2D eigenvalue weighted by Gasteiger charge is 2.27. The van der Waals surface area contributed by atoms with E-state index >= 15 is 0 Å². The van der Waals surface area contributed by atoms with Crippen molar-refractivity contribution in [1.29, 1.82) is 0 Å². The third kappa shape index (κ3) is 4.18. The Hall–Kier alpha value is -3.34. The number of nitrogen functional groups attached to an aromatic ring is 1. The molecule has 1 aliphatic carbocycles. The Morgan fingerprint density at radius 1 is 1.17 bits per heavy atom. The Morgan fingerprint density at radius 2 is 1.97 bits per heavy atom. The van der Waals surface area contributed by atoms with Crippen molar-refractivity contribution in [3.05, 3.63) is 58.6 Å². The molecule has 0 spiro atoms. The number of nitrogens with two attached hydrogens (primary N) is 1. The van der Waals surface area contributed by atoms with E-state index in [-0.39, 0.29) is 17.9 Å². The highest BCUT2D eigenvalue weighted by atomic mass is 32.1. The molecule has 0 saturated heterocycles. The summed E-state index contributed by atoms with van der Waals surface area (Å²) in [6.45, 7) is 1.72. The lowest BCUT2D eigenvalue weighted by Crippen LogP contribution is -2.22. The van der Waals surface area contributed by atoms with Gasteiger partial charge in [0.2, 0.25) is 0 Å². The van der Waals surface area contributed by atoms with Crippen LogP contribution in [0.5, 0.6) is 0 Å². The molecule has 35 heavy (non-hydrogen) atoms. The number of amides is 1. The molecule has 0 atom stereocenters. The van der Waals surface area contributed by atoms with E-state index in [2.05, 4.69) is 20.6 Å². The van der Waals surface area contributed by atoms with Gasteiger partial charge >= 0.3 is 0 Å². The molecule has 1 amide bonds. The first kappa shape index (κ1) is 22.1. The fourth-order valence-corrected chi connectivity index (χ4v) is 6.01. The van der Waals surface area contributed by atoms with Gasteiger partial charge < -0.3 is 16.2 Å². The maximum Gasteiger partial charge on any atom is 0.257 e. The number of benzene rings is 1. The molecule has 6 rings (SSSR count). The Kier molecular flexibility index (Phi) is 5.71. The highest BCUT2D eigenvalue weighted by Crippen LogP contribution is 2.37. The second kappa shape index (κ2) is 9.03. The first-order valence-corrected chi connectivity index (χ1v) is 12.8. The topological polar surface area (TPSA) is 130 Å². The van der Waals surface area contributed by atoms with Crippen molar-refractivity contribution >= 4 is 33.7 Å². The summed E-state index contributed by atoms with van der Waals surface area (Å²) in [5, 5.41) is 16.8. The molecule has 0 unspecified atom stereocenters. The largest absolute Gasteiger partial charge is 0.393 e. The van der Waals surface area contributed by atoms with E-state index in [0.29, 0.717) is 16.5 Å². The number of carbonyl (C=O) groups is 1. The van der Waals surface area contributed by atoms with Gasteiger partial charge in [0.15, 0.2) is 5.13 Å². The van der Waals surface area contributed by atoms with Gasteiger partial charge in [-0.3, -0.25) is 14.5 Å². The Labute approximate surface area is 206 Å². The molecule has 180 valence electrons. The zero-order valence-electron chi connectivity index (χ0n) is 19.2. The number of rotatable bonds is 4. The summed E-state index contributed by atoms with van der Waals surface area (Å²) >= 11 is 1.52. The molecule has 4 aromatic rings. The average Bonchev–Trinajstić information content (AvgIpc) is 3.47. The van der Waals surface area contributed by atoms with Gasteiger partial charge in [-0.2, -0.15) is 0 Å². The summed E-state index contributed by atoms with van der Waals surface area (Å²) in [4.78, 5) is 27.9. The summed E-state index contributed by atoms with van der Waals surface area (Å²) in [6.07, 6.45) is 7.57. The molecule has 9 nitrogen and oxygen atoms in total. The lowest BCUT2D eigenvalue weighted by molar-refractivity contribution is 0.102. The number of hydrogen-bond donors (Lipinski definition) is 4. The normalized spacial score (nSPS) is 20.0. The number of aromatic nitrogens is 4.